The first-order valence-electron chi connectivity index (χ1n) is 10.5. The van der Waals surface area contributed by atoms with E-state index >= 15 is 0 Å². The quantitative estimate of drug-likeness (QED) is 0.756. The van der Waals surface area contributed by atoms with E-state index in [4.69, 9.17) is 10.5 Å². The van der Waals surface area contributed by atoms with E-state index < -0.39 is 11.3 Å². The molecule has 0 aromatic heterocycles. The first kappa shape index (κ1) is 21.6. The van der Waals surface area contributed by atoms with Gasteiger partial charge in [-0.25, -0.2) is 4.39 Å². The average Bonchev–Trinajstić information content (AvgIpc) is 2.69. The van der Waals surface area contributed by atoms with E-state index in [1.165, 1.54) is 12.1 Å². The highest BCUT2D eigenvalue weighted by atomic mass is 19.1. The second kappa shape index (κ2) is 9.57. The van der Waals surface area contributed by atoms with Crippen LogP contribution in [0.2, 0.25) is 0 Å². The Kier molecular flexibility index (Phi) is 7.11. The van der Waals surface area contributed by atoms with Gasteiger partial charge in [-0.3, -0.25) is 14.5 Å². The minimum Gasteiger partial charge on any atom is -0.493 e. The number of piperidine rings is 2. The minimum absolute atomic E-state index is 0.106. The van der Waals surface area contributed by atoms with Crippen molar-refractivity contribution in [3.05, 3.63) is 30.1 Å². The molecule has 2 heterocycles. The molecular weight excluding hydrogens is 373 g/mol. The Morgan fingerprint density at radius 3 is 2.55 bits per heavy atom. The predicted octanol–water partition coefficient (Wildman–Crippen LogP) is 2.42. The number of hydrogen-bond acceptors (Lipinski definition) is 4. The number of rotatable bonds is 7. The van der Waals surface area contributed by atoms with Gasteiger partial charge in [0, 0.05) is 24.9 Å². The molecule has 0 saturated carbocycles. The van der Waals surface area contributed by atoms with Gasteiger partial charge in [0.05, 0.1) is 13.2 Å². The first-order valence-corrected chi connectivity index (χ1v) is 10.5. The number of nitrogens with two attached hydrogens (primary N) is 1. The smallest absolute Gasteiger partial charge is 0.236 e. The van der Waals surface area contributed by atoms with Crippen molar-refractivity contribution in [3.63, 3.8) is 0 Å². The molecule has 2 fully saturated rings. The molecule has 160 valence electrons. The van der Waals surface area contributed by atoms with Crippen LogP contribution in [0.3, 0.4) is 0 Å². The van der Waals surface area contributed by atoms with Crippen LogP contribution in [-0.4, -0.2) is 60.9 Å². The summed E-state index contributed by atoms with van der Waals surface area (Å²) in [5.41, 5.74) is 5.02. The summed E-state index contributed by atoms with van der Waals surface area (Å²) >= 11 is 0. The van der Waals surface area contributed by atoms with Crippen LogP contribution < -0.4 is 10.5 Å². The Hall–Kier alpha value is -2.15. The highest BCUT2D eigenvalue weighted by Crippen LogP contribution is 2.34. The molecule has 1 atom stereocenters. The highest BCUT2D eigenvalue weighted by Gasteiger charge is 2.39. The number of halogens is 1. The molecule has 2 amide bonds. The number of ether oxygens (including phenoxy) is 1. The van der Waals surface area contributed by atoms with E-state index in [1.54, 1.807) is 12.1 Å². The van der Waals surface area contributed by atoms with Crippen LogP contribution in [0, 0.1) is 17.2 Å². The highest BCUT2D eigenvalue weighted by molar-refractivity contribution is 5.79. The minimum atomic E-state index is -0.509. The van der Waals surface area contributed by atoms with Crippen molar-refractivity contribution in [2.24, 2.45) is 17.1 Å². The SMILES string of the molecule is CC1CCN(CC(=O)N2CCC[C@@](COc3ccc(F)cc3)(CC(N)=O)C2)CC1. The second-order valence-corrected chi connectivity index (χ2v) is 8.76. The van der Waals surface area contributed by atoms with Gasteiger partial charge >= 0.3 is 0 Å². The summed E-state index contributed by atoms with van der Waals surface area (Å²) in [5.74, 6) is 0.650. The molecule has 2 aliphatic rings. The normalized spacial score (nSPS) is 23.7. The fourth-order valence-corrected chi connectivity index (χ4v) is 4.38. The molecule has 2 aliphatic heterocycles. The summed E-state index contributed by atoms with van der Waals surface area (Å²) in [5, 5.41) is 0. The molecular formula is C22H32FN3O3. The summed E-state index contributed by atoms with van der Waals surface area (Å²) in [6.45, 7) is 6.02. The van der Waals surface area contributed by atoms with Gasteiger partial charge in [-0.15, -0.1) is 0 Å². The fraction of sp³-hybridized carbons (Fsp3) is 0.636. The zero-order valence-electron chi connectivity index (χ0n) is 17.2. The molecule has 0 unspecified atom stereocenters. The van der Waals surface area contributed by atoms with Crippen LogP contribution in [0.1, 0.15) is 39.0 Å². The van der Waals surface area contributed by atoms with Crippen LogP contribution in [0.25, 0.3) is 0 Å². The Bertz CT molecular complexity index is 704. The van der Waals surface area contributed by atoms with Crippen LogP contribution in [-0.2, 0) is 9.59 Å². The summed E-state index contributed by atoms with van der Waals surface area (Å²) in [6, 6.07) is 5.81. The van der Waals surface area contributed by atoms with Gasteiger partial charge in [0.1, 0.15) is 11.6 Å². The van der Waals surface area contributed by atoms with E-state index in [2.05, 4.69) is 11.8 Å². The number of amides is 2. The molecule has 2 saturated heterocycles. The Morgan fingerprint density at radius 2 is 1.90 bits per heavy atom. The summed E-state index contributed by atoms with van der Waals surface area (Å²) in [7, 11) is 0. The maximum absolute atomic E-state index is 13.1. The van der Waals surface area contributed by atoms with Gasteiger partial charge in [0.2, 0.25) is 11.8 Å². The lowest BCUT2D eigenvalue weighted by atomic mass is 9.77. The Labute approximate surface area is 172 Å². The molecule has 7 heteroatoms. The Balaban J connectivity index is 1.62. The number of nitrogens with zero attached hydrogens (tertiary/aromatic N) is 2. The third-order valence-corrected chi connectivity index (χ3v) is 6.16. The molecule has 2 N–H and O–H groups in total. The van der Waals surface area contributed by atoms with Gasteiger partial charge in [0.25, 0.3) is 0 Å². The van der Waals surface area contributed by atoms with Crippen LogP contribution >= 0.6 is 0 Å². The standard InChI is InChI=1S/C22H32FN3O3/c1-17-7-11-25(12-8-17)14-21(28)26-10-2-9-22(15-26,13-20(24)27)16-29-19-5-3-18(23)4-6-19/h3-6,17H,2,7-16H2,1H3,(H2,24,27)/t22-/m1/s1. The molecule has 6 nitrogen and oxygen atoms in total. The largest absolute Gasteiger partial charge is 0.493 e. The van der Waals surface area contributed by atoms with Crippen molar-refractivity contribution in [2.75, 3.05) is 39.3 Å². The summed E-state index contributed by atoms with van der Waals surface area (Å²) in [6.07, 6.45) is 4.00. The molecule has 0 radical (unpaired) electrons. The van der Waals surface area contributed by atoms with Crippen molar-refractivity contribution in [3.8, 4) is 5.75 Å². The number of carbonyl (C=O) groups excluding carboxylic acids is 2. The van der Waals surface area contributed by atoms with Crippen LogP contribution in [0.4, 0.5) is 4.39 Å². The van der Waals surface area contributed by atoms with E-state index in [0.29, 0.717) is 25.4 Å². The summed E-state index contributed by atoms with van der Waals surface area (Å²) in [4.78, 5) is 28.8. The lowest BCUT2D eigenvalue weighted by Gasteiger charge is -2.43. The molecule has 0 spiro atoms. The number of hydrogen-bond donors (Lipinski definition) is 1. The third-order valence-electron chi connectivity index (χ3n) is 6.16. The van der Waals surface area contributed by atoms with Gasteiger partial charge in [0.15, 0.2) is 0 Å². The molecule has 0 bridgehead atoms. The van der Waals surface area contributed by atoms with Gasteiger partial charge < -0.3 is 15.4 Å². The van der Waals surface area contributed by atoms with Gasteiger partial charge in [-0.05, 0) is 69.0 Å². The van der Waals surface area contributed by atoms with Gasteiger partial charge in [-0.2, -0.15) is 0 Å². The molecule has 0 aliphatic carbocycles. The number of primary amides is 1. The van der Waals surface area contributed by atoms with E-state index in [-0.39, 0.29) is 24.8 Å². The second-order valence-electron chi connectivity index (χ2n) is 8.76. The number of benzene rings is 1. The van der Waals surface area contributed by atoms with Crippen molar-refractivity contribution < 1.29 is 18.7 Å². The zero-order chi connectivity index (χ0) is 20.9. The predicted molar refractivity (Wildman–Crippen MR) is 109 cm³/mol. The van der Waals surface area contributed by atoms with E-state index in [9.17, 15) is 14.0 Å². The lowest BCUT2D eigenvalue weighted by molar-refractivity contribution is -0.138. The maximum atomic E-state index is 13.1. The third kappa shape index (κ3) is 6.16. The van der Waals surface area contributed by atoms with E-state index in [0.717, 1.165) is 44.7 Å². The van der Waals surface area contributed by atoms with Crippen molar-refractivity contribution in [2.45, 2.75) is 39.0 Å². The van der Waals surface area contributed by atoms with Crippen molar-refractivity contribution in [1.29, 1.82) is 0 Å². The maximum Gasteiger partial charge on any atom is 0.236 e. The monoisotopic (exact) mass is 405 g/mol. The average molecular weight is 406 g/mol. The van der Waals surface area contributed by atoms with Crippen molar-refractivity contribution in [1.82, 2.24) is 9.80 Å². The molecule has 1 aromatic rings. The van der Waals surface area contributed by atoms with Crippen LogP contribution in [0.15, 0.2) is 24.3 Å². The lowest BCUT2D eigenvalue weighted by Crippen LogP contribution is -2.52. The topological polar surface area (TPSA) is 75.9 Å². The summed E-state index contributed by atoms with van der Waals surface area (Å²) < 4.78 is 19.0. The first-order chi connectivity index (χ1) is 13.8. The van der Waals surface area contributed by atoms with Gasteiger partial charge in [-0.1, -0.05) is 6.92 Å². The van der Waals surface area contributed by atoms with Crippen LogP contribution in [0.5, 0.6) is 5.75 Å². The fourth-order valence-electron chi connectivity index (χ4n) is 4.38. The zero-order valence-corrected chi connectivity index (χ0v) is 17.2. The van der Waals surface area contributed by atoms with Crippen molar-refractivity contribution >= 4 is 11.8 Å². The number of likely N-dealkylation sites (tertiary alicyclic amines) is 2. The molecule has 3 rings (SSSR count). The Morgan fingerprint density at radius 1 is 1.21 bits per heavy atom. The number of carbonyl (C=O) groups is 2. The molecule has 1 aromatic carbocycles. The molecule has 29 heavy (non-hydrogen) atoms. The van der Waals surface area contributed by atoms with E-state index in [1.807, 2.05) is 4.90 Å².